The van der Waals surface area contributed by atoms with Crippen molar-refractivity contribution in [1.29, 1.82) is 0 Å². The highest BCUT2D eigenvalue weighted by atomic mass is 19.3. The third kappa shape index (κ3) is 4.59. The molecule has 0 atom stereocenters. The van der Waals surface area contributed by atoms with Crippen molar-refractivity contribution in [3.05, 3.63) is 41.8 Å². The maximum absolute atomic E-state index is 13.6. The van der Waals surface area contributed by atoms with Gasteiger partial charge in [-0.05, 0) is 23.8 Å². The van der Waals surface area contributed by atoms with Crippen molar-refractivity contribution in [1.82, 2.24) is 9.88 Å². The van der Waals surface area contributed by atoms with E-state index in [0.29, 0.717) is 5.56 Å². The average Bonchev–Trinajstić information content (AvgIpc) is 3.02. The zero-order chi connectivity index (χ0) is 20.3. The topological polar surface area (TPSA) is 60.9 Å². The highest BCUT2D eigenvalue weighted by molar-refractivity contribution is 5.70. The molecule has 11 heteroatoms. The number of alkyl halides is 4. The first-order chi connectivity index (χ1) is 13.3. The van der Waals surface area contributed by atoms with Gasteiger partial charge < -0.3 is 19.1 Å². The number of cyclic esters (lactones) is 1. The number of carbonyl (C=O) groups excluding carboxylic acids is 1. The van der Waals surface area contributed by atoms with Crippen LogP contribution in [0.3, 0.4) is 0 Å². The second-order valence-corrected chi connectivity index (χ2v) is 5.63. The number of benzene rings is 1. The van der Waals surface area contributed by atoms with Gasteiger partial charge in [0.1, 0.15) is 6.61 Å². The Balaban J connectivity index is 1.95. The largest absolute Gasteiger partial charge is 0.448 e. The molecular weight excluding hydrogens is 391 g/mol. The lowest BCUT2D eigenvalue weighted by atomic mass is 10.0. The number of carbonyl (C=O) groups is 1. The van der Waals surface area contributed by atoms with E-state index in [9.17, 15) is 26.7 Å². The predicted molar refractivity (Wildman–Crippen MR) is 84.7 cm³/mol. The molecule has 0 radical (unpaired) electrons. The van der Waals surface area contributed by atoms with Crippen LogP contribution < -0.4 is 9.47 Å². The number of rotatable bonds is 7. The monoisotopic (exact) mass is 404 g/mol. The predicted octanol–water partition coefficient (Wildman–Crippen LogP) is 4.04. The molecule has 0 unspecified atom stereocenters. The Morgan fingerprint density at radius 3 is 2.50 bits per heavy atom. The fraction of sp³-hybridized carbons (Fsp3) is 0.294. The van der Waals surface area contributed by atoms with E-state index in [2.05, 4.69) is 14.5 Å². The smallest absolute Gasteiger partial charge is 0.410 e. The first kappa shape index (κ1) is 19.6. The number of aromatic nitrogens is 1. The molecule has 28 heavy (non-hydrogen) atoms. The van der Waals surface area contributed by atoms with E-state index in [1.165, 1.54) is 17.0 Å². The van der Waals surface area contributed by atoms with Gasteiger partial charge >= 0.3 is 19.3 Å². The minimum Gasteiger partial charge on any atom is -0.448 e. The number of amides is 1. The molecule has 0 N–H and O–H groups in total. The van der Waals surface area contributed by atoms with Crippen LogP contribution in [-0.4, -0.2) is 42.4 Å². The van der Waals surface area contributed by atoms with E-state index in [1.54, 1.807) is 0 Å². The SMILES string of the molecule is O=C1OCCN1Cc1cc(-c2ccc(F)c(OC(F)F)c2)cnc1OC(F)F. The Hall–Kier alpha value is -3.11. The summed E-state index contributed by atoms with van der Waals surface area (Å²) in [6, 6.07) is 4.62. The molecule has 3 rings (SSSR count). The Morgan fingerprint density at radius 2 is 1.86 bits per heavy atom. The van der Waals surface area contributed by atoms with Crippen molar-refractivity contribution in [2.45, 2.75) is 19.8 Å². The molecule has 150 valence electrons. The van der Waals surface area contributed by atoms with Crippen LogP contribution in [0.1, 0.15) is 5.56 Å². The molecule has 1 fully saturated rings. The third-order valence-electron chi connectivity index (χ3n) is 3.81. The van der Waals surface area contributed by atoms with Gasteiger partial charge in [0.15, 0.2) is 11.6 Å². The summed E-state index contributed by atoms with van der Waals surface area (Å²) in [6.07, 6.45) is 0.533. The fourth-order valence-electron chi connectivity index (χ4n) is 2.60. The van der Waals surface area contributed by atoms with Crippen molar-refractivity contribution in [2.24, 2.45) is 0 Å². The molecule has 2 aromatic rings. The van der Waals surface area contributed by atoms with E-state index in [1.807, 2.05) is 0 Å². The molecule has 6 nitrogen and oxygen atoms in total. The number of hydrogen-bond acceptors (Lipinski definition) is 5. The fourth-order valence-corrected chi connectivity index (χ4v) is 2.60. The summed E-state index contributed by atoms with van der Waals surface area (Å²) < 4.78 is 77.0. The average molecular weight is 404 g/mol. The second-order valence-electron chi connectivity index (χ2n) is 5.63. The molecule has 1 aromatic carbocycles. The molecule has 0 bridgehead atoms. The maximum Gasteiger partial charge on any atom is 0.410 e. The van der Waals surface area contributed by atoms with Gasteiger partial charge in [-0.1, -0.05) is 6.07 Å². The zero-order valence-electron chi connectivity index (χ0n) is 14.1. The lowest BCUT2D eigenvalue weighted by Gasteiger charge is -2.16. The standard InChI is InChI=1S/C17H13F5N2O4/c18-12-2-1-9(6-13(12)27-15(19)20)10-5-11(8-24-3-4-26-17(24)25)14(23-7-10)28-16(21)22/h1-2,5-7,15-16H,3-4,8H2. The van der Waals surface area contributed by atoms with E-state index in [4.69, 9.17) is 4.74 Å². The first-order valence-corrected chi connectivity index (χ1v) is 7.93. The van der Waals surface area contributed by atoms with Crippen LogP contribution in [0.25, 0.3) is 11.1 Å². The molecule has 2 heterocycles. The Morgan fingerprint density at radius 1 is 1.11 bits per heavy atom. The minimum atomic E-state index is -3.22. The number of pyridine rings is 1. The second kappa shape index (κ2) is 8.28. The zero-order valence-corrected chi connectivity index (χ0v) is 14.1. The van der Waals surface area contributed by atoms with Crippen LogP contribution in [-0.2, 0) is 11.3 Å². The molecule has 1 aromatic heterocycles. The minimum absolute atomic E-state index is 0.122. The molecule has 0 spiro atoms. The number of nitrogens with zero attached hydrogens (tertiary/aromatic N) is 2. The third-order valence-corrected chi connectivity index (χ3v) is 3.81. The summed E-state index contributed by atoms with van der Waals surface area (Å²) in [5, 5.41) is 0. The highest BCUT2D eigenvalue weighted by Gasteiger charge is 2.24. The van der Waals surface area contributed by atoms with E-state index >= 15 is 0 Å². The quantitative estimate of drug-likeness (QED) is 0.652. The van der Waals surface area contributed by atoms with Crippen LogP contribution in [0.15, 0.2) is 30.5 Å². The van der Waals surface area contributed by atoms with Crippen molar-refractivity contribution < 1.29 is 41.0 Å². The van der Waals surface area contributed by atoms with Gasteiger partial charge in [-0.3, -0.25) is 0 Å². The number of halogens is 5. The first-order valence-electron chi connectivity index (χ1n) is 7.93. The Labute approximate surface area is 155 Å². The summed E-state index contributed by atoms with van der Waals surface area (Å²) in [5.41, 5.74) is 0.680. The van der Waals surface area contributed by atoms with Gasteiger partial charge in [-0.2, -0.15) is 17.6 Å². The van der Waals surface area contributed by atoms with E-state index in [0.717, 1.165) is 18.3 Å². The number of ether oxygens (including phenoxy) is 3. The van der Waals surface area contributed by atoms with Gasteiger partial charge in [0.25, 0.3) is 0 Å². The van der Waals surface area contributed by atoms with Crippen LogP contribution in [0.2, 0.25) is 0 Å². The molecule has 1 saturated heterocycles. The molecule has 1 aliphatic heterocycles. The summed E-state index contributed by atoms with van der Waals surface area (Å²) in [6.45, 7) is -6.08. The van der Waals surface area contributed by atoms with Crippen LogP contribution in [0.5, 0.6) is 11.6 Å². The summed E-state index contributed by atoms with van der Waals surface area (Å²) in [5.74, 6) is -2.07. The number of hydrogen-bond donors (Lipinski definition) is 0. The van der Waals surface area contributed by atoms with E-state index < -0.39 is 36.8 Å². The summed E-state index contributed by atoms with van der Waals surface area (Å²) >= 11 is 0. The molecule has 1 aliphatic rings. The molecule has 1 amide bonds. The molecular formula is C17H13F5N2O4. The summed E-state index contributed by atoms with van der Waals surface area (Å²) in [7, 11) is 0. The lowest BCUT2D eigenvalue weighted by Crippen LogP contribution is -2.24. The molecule has 0 aliphatic carbocycles. The Kier molecular flexibility index (Phi) is 5.81. The van der Waals surface area contributed by atoms with Crippen molar-refractivity contribution in [2.75, 3.05) is 13.2 Å². The van der Waals surface area contributed by atoms with Crippen molar-refractivity contribution in [3.8, 4) is 22.8 Å². The van der Waals surface area contributed by atoms with Gasteiger partial charge in [0, 0.05) is 17.3 Å². The Bertz CT molecular complexity index is 865. The van der Waals surface area contributed by atoms with Gasteiger partial charge in [-0.15, -0.1) is 0 Å². The van der Waals surface area contributed by atoms with Crippen LogP contribution in [0, 0.1) is 5.82 Å². The molecule has 0 saturated carbocycles. The normalized spacial score (nSPS) is 14.0. The van der Waals surface area contributed by atoms with Crippen LogP contribution in [0.4, 0.5) is 26.7 Å². The van der Waals surface area contributed by atoms with Gasteiger partial charge in [0.05, 0.1) is 13.1 Å². The van der Waals surface area contributed by atoms with Crippen molar-refractivity contribution >= 4 is 6.09 Å². The maximum atomic E-state index is 13.6. The summed E-state index contributed by atoms with van der Waals surface area (Å²) in [4.78, 5) is 16.7. The highest BCUT2D eigenvalue weighted by Crippen LogP contribution is 2.31. The van der Waals surface area contributed by atoms with Gasteiger partial charge in [-0.25, -0.2) is 14.2 Å². The van der Waals surface area contributed by atoms with Crippen molar-refractivity contribution in [3.63, 3.8) is 0 Å². The lowest BCUT2D eigenvalue weighted by molar-refractivity contribution is -0.0539. The van der Waals surface area contributed by atoms with Gasteiger partial charge in [0.2, 0.25) is 5.88 Å². The van der Waals surface area contributed by atoms with E-state index in [-0.39, 0.29) is 30.8 Å². The van der Waals surface area contributed by atoms with Crippen LogP contribution >= 0.6 is 0 Å².